The molecule has 0 saturated heterocycles. The van der Waals surface area contributed by atoms with Gasteiger partial charge in [-0.2, -0.15) is 0 Å². The monoisotopic (exact) mass is 327 g/mol. The average Bonchev–Trinajstić information content (AvgIpc) is 2.71. The van der Waals surface area contributed by atoms with Crippen LogP contribution in [0.25, 0.3) is 11.4 Å². The summed E-state index contributed by atoms with van der Waals surface area (Å²) in [5.74, 6) is 2.36. The molecule has 0 aliphatic heterocycles. The van der Waals surface area contributed by atoms with Gasteiger partial charge in [0.2, 0.25) is 0 Å². The molecule has 0 saturated carbocycles. The Hall–Kier alpha value is -0.870. The number of nitrogens with zero attached hydrogens (tertiary/aromatic N) is 3. The Morgan fingerprint density at radius 1 is 1.33 bits per heavy atom. The van der Waals surface area contributed by atoms with E-state index in [-0.39, 0.29) is 0 Å². The molecule has 1 heterocycles. The smallest absolute Gasteiger partial charge is 0.164 e. The topological polar surface area (TPSA) is 30.7 Å². The molecule has 18 heavy (non-hydrogen) atoms. The van der Waals surface area contributed by atoms with Crippen LogP contribution in [0.4, 0.5) is 0 Å². The molecule has 0 spiro atoms. The van der Waals surface area contributed by atoms with Crippen LogP contribution < -0.4 is 0 Å². The molecule has 0 bridgehead atoms. The lowest BCUT2D eigenvalue weighted by Gasteiger charge is -2.11. The molecular formula is C13H15BrClN3. The summed E-state index contributed by atoms with van der Waals surface area (Å²) in [5.41, 5.74) is 1.00. The van der Waals surface area contributed by atoms with Crippen LogP contribution in [0.5, 0.6) is 0 Å². The highest BCUT2D eigenvalue weighted by Gasteiger charge is 2.14. The Labute approximate surface area is 120 Å². The van der Waals surface area contributed by atoms with E-state index in [1.54, 1.807) is 0 Å². The molecule has 3 nitrogen and oxygen atoms in total. The van der Waals surface area contributed by atoms with E-state index in [9.17, 15) is 0 Å². The van der Waals surface area contributed by atoms with Gasteiger partial charge >= 0.3 is 0 Å². The van der Waals surface area contributed by atoms with Crippen LogP contribution in [0.2, 0.25) is 5.02 Å². The van der Waals surface area contributed by atoms with Crippen molar-refractivity contribution in [1.82, 2.24) is 14.8 Å². The number of benzene rings is 1. The van der Waals surface area contributed by atoms with Crippen LogP contribution in [0, 0.1) is 5.92 Å². The normalized spacial score (nSPS) is 11.2. The van der Waals surface area contributed by atoms with E-state index < -0.39 is 0 Å². The lowest BCUT2D eigenvalue weighted by atomic mass is 10.2. The minimum Gasteiger partial charge on any atom is -0.310 e. The first-order chi connectivity index (χ1) is 8.61. The Morgan fingerprint density at radius 3 is 2.72 bits per heavy atom. The Kier molecular flexibility index (Phi) is 4.40. The average molecular weight is 329 g/mol. The Bertz CT molecular complexity index is 537. The van der Waals surface area contributed by atoms with Gasteiger partial charge in [-0.15, -0.1) is 10.2 Å². The highest BCUT2D eigenvalue weighted by Crippen LogP contribution is 2.23. The zero-order valence-corrected chi connectivity index (χ0v) is 12.7. The number of aromatic nitrogens is 3. The van der Waals surface area contributed by atoms with E-state index in [2.05, 4.69) is 44.5 Å². The highest BCUT2D eigenvalue weighted by molar-refractivity contribution is 9.08. The molecule has 0 aliphatic carbocycles. The minimum absolute atomic E-state index is 0.539. The van der Waals surface area contributed by atoms with Gasteiger partial charge in [0.25, 0.3) is 0 Å². The summed E-state index contributed by atoms with van der Waals surface area (Å²) in [5, 5.41) is 9.91. The van der Waals surface area contributed by atoms with Gasteiger partial charge in [0, 0.05) is 17.1 Å². The van der Waals surface area contributed by atoms with Crippen LogP contribution >= 0.6 is 27.5 Å². The van der Waals surface area contributed by atoms with Gasteiger partial charge in [-0.1, -0.05) is 53.5 Å². The van der Waals surface area contributed by atoms with Gasteiger partial charge in [0.15, 0.2) is 5.82 Å². The van der Waals surface area contributed by atoms with Crippen molar-refractivity contribution >= 4 is 27.5 Å². The molecule has 0 radical (unpaired) electrons. The van der Waals surface area contributed by atoms with E-state index >= 15 is 0 Å². The molecule has 0 N–H and O–H groups in total. The number of hydrogen-bond donors (Lipinski definition) is 0. The van der Waals surface area contributed by atoms with Crippen LogP contribution in [-0.2, 0) is 11.9 Å². The molecule has 0 amide bonds. The molecule has 5 heteroatoms. The third kappa shape index (κ3) is 2.93. The fraction of sp³-hybridized carbons (Fsp3) is 0.385. The van der Waals surface area contributed by atoms with Crippen LogP contribution in [0.3, 0.4) is 0 Å². The second-order valence-electron chi connectivity index (χ2n) is 4.59. The number of alkyl halides is 1. The predicted octanol–water partition coefficient (Wildman–Crippen LogP) is 4.15. The third-order valence-corrected chi connectivity index (χ3v) is 3.31. The molecule has 0 unspecified atom stereocenters. The van der Waals surface area contributed by atoms with E-state index in [1.165, 1.54) is 0 Å². The quantitative estimate of drug-likeness (QED) is 0.789. The summed E-state index contributed by atoms with van der Waals surface area (Å²) in [6, 6.07) is 7.71. The maximum atomic E-state index is 6.03. The van der Waals surface area contributed by atoms with Crippen molar-refractivity contribution in [2.24, 2.45) is 5.92 Å². The van der Waals surface area contributed by atoms with Crippen LogP contribution in [0.15, 0.2) is 24.3 Å². The maximum Gasteiger partial charge on any atom is 0.164 e. The first kappa shape index (κ1) is 13.6. The van der Waals surface area contributed by atoms with Crippen molar-refractivity contribution < 1.29 is 0 Å². The SMILES string of the molecule is CC(C)Cn1c(CBr)nnc1-c1cccc(Cl)c1. The summed E-state index contributed by atoms with van der Waals surface area (Å²) in [7, 11) is 0. The van der Waals surface area contributed by atoms with Crippen molar-refractivity contribution in [2.75, 3.05) is 0 Å². The molecule has 1 aromatic carbocycles. The molecule has 0 atom stereocenters. The molecule has 2 aromatic rings. The molecular weight excluding hydrogens is 314 g/mol. The molecule has 96 valence electrons. The van der Waals surface area contributed by atoms with Crippen molar-refractivity contribution in [3.8, 4) is 11.4 Å². The Balaban J connectivity index is 2.47. The summed E-state index contributed by atoms with van der Waals surface area (Å²) in [6.07, 6.45) is 0. The fourth-order valence-corrected chi connectivity index (χ4v) is 2.44. The first-order valence-corrected chi connectivity index (χ1v) is 7.35. The summed E-state index contributed by atoms with van der Waals surface area (Å²) >= 11 is 9.48. The first-order valence-electron chi connectivity index (χ1n) is 5.85. The minimum atomic E-state index is 0.539. The highest BCUT2D eigenvalue weighted by atomic mass is 79.9. The van der Waals surface area contributed by atoms with Crippen LogP contribution in [-0.4, -0.2) is 14.8 Å². The van der Waals surface area contributed by atoms with E-state index in [1.807, 2.05) is 24.3 Å². The van der Waals surface area contributed by atoms with Gasteiger partial charge in [0.1, 0.15) is 5.82 Å². The third-order valence-electron chi connectivity index (χ3n) is 2.58. The van der Waals surface area contributed by atoms with Crippen molar-refractivity contribution in [3.63, 3.8) is 0 Å². The van der Waals surface area contributed by atoms with Crippen molar-refractivity contribution in [3.05, 3.63) is 35.1 Å². The molecule has 1 aromatic heterocycles. The lowest BCUT2D eigenvalue weighted by molar-refractivity contribution is 0.516. The molecule has 0 fully saturated rings. The number of hydrogen-bond acceptors (Lipinski definition) is 2. The second kappa shape index (κ2) is 5.85. The van der Waals surface area contributed by atoms with Gasteiger partial charge < -0.3 is 4.57 Å². The second-order valence-corrected chi connectivity index (χ2v) is 5.59. The zero-order chi connectivity index (χ0) is 13.1. The van der Waals surface area contributed by atoms with Gasteiger partial charge in [-0.25, -0.2) is 0 Å². The van der Waals surface area contributed by atoms with Gasteiger partial charge in [-0.05, 0) is 18.1 Å². The fourth-order valence-electron chi connectivity index (χ4n) is 1.83. The lowest BCUT2D eigenvalue weighted by Crippen LogP contribution is -2.09. The van der Waals surface area contributed by atoms with Crippen molar-refractivity contribution in [1.29, 1.82) is 0 Å². The zero-order valence-electron chi connectivity index (χ0n) is 10.4. The number of rotatable bonds is 4. The number of halogens is 2. The van der Waals surface area contributed by atoms with E-state index in [0.29, 0.717) is 16.3 Å². The molecule has 2 rings (SSSR count). The van der Waals surface area contributed by atoms with Crippen LogP contribution in [0.1, 0.15) is 19.7 Å². The Morgan fingerprint density at radius 2 is 2.11 bits per heavy atom. The van der Waals surface area contributed by atoms with Gasteiger partial charge in [0.05, 0.1) is 5.33 Å². The standard InChI is InChI=1S/C13H15BrClN3/c1-9(2)8-18-12(7-14)16-17-13(18)10-4-3-5-11(15)6-10/h3-6,9H,7-8H2,1-2H3. The summed E-state index contributed by atoms with van der Waals surface area (Å²) < 4.78 is 2.14. The largest absolute Gasteiger partial charge is 0.310 e. The summed E-state index contributed by atoms with van der Waals surface area (Å²) in [4.78, 5) is 0. The molecule has 0 aliphatic rings. The maximum absolute atomic E-state index is 6.03. The van der Waals surface area contributed by atoms with E-state index in [0.717, 1.165) is 23.8 Å². The summed E-state index contributed by atoms with van der Waals surface area (Å²) in [6.45, 7) is 5.26. The van der Waals surface area contributed by atoms with Gasteiger partial charge in [-0.3, -0.25) is 0 Å². The van der Waals surface area contributed by atoms with Crippen molar-refractivity contribution in [2.45, 2.75) is 25.7 Å². The van der Waals surface area contributed by atoms with E-state index in [4.69, 9.17) is 11.6 Å². The predicted molar refractivity (Wildman–Crippen MR) is 77.9 cm³/mol.